The lowest BCUT2D eigenvalue weighted by Gasteiger charge is -2.01. The largest absolute Gasteiger partial charge is 0.350 e. The van der Waals surface area contributed by atoms with Gasteiger partial charge in [0.1, 0.15) is 5.36 Å². The second-order valence-electron chi connectivity index (χ2n) is 4.05. The highest BCUT2D eigenvalue weighted by Crippen LogP contribution is 2.01. The molecule has 0 unspecified atom stereocenters. The highest BCUT2D eigenvalue weighted by molar-refractivity contribution is 6.10. The first-order valence-corrected chi connectivity index (χ1v) is 5.76. The minimum atomic E-state index is -0.510. The first kappa shape index (κ1) is 11.4. The van der Waals surface area contributed by atoms with Crippen molar-refractivity contribution in [2.45, 2.75) is 0 Å². The highest BCUT2D eigenvalue weighted by Gasteiger charge is 2.13. The number of nitrogens with zero attached hydrogens (tertiary/aromatic N) is 1. The third-order valence-electron chi connectivity index (χ3n) is 2.94. The minimum Gasteiger partial charge on any atom is -0.350 e. The molecule has 94 valence electrons. The number of hydrogen-bond acceptors (Lipinski definition) is 4. The summed E-state index contributed by atoms with van der Waals surface area (Å²) in [6.45, 7) is 0. The molecule has 3 rings (SSSR count). The van der Waals surface area contributed by atoms with Gasteiger partial charge in [0.15, 0.2) is 0 Å². The zero-order chi connectivity index (χ0) is 13.2. The van der Waals surface area contributed by atoms with Gasteiger partial charge in [-0.05, 0) is 11.3 Å². The molecule has 0 fully saturated rings. The van der Waals surface area contributed by atoms with E-state index in [9.17, 15) is 4.79 Å². The van der Waals surface area contributed by atoms with Gasteiger partial charge in [0, 0.05) is 10.4 Å². The number of hydrogen-bond donors (Lipinski definition) is 2. The van der Waals surface area contributed by atoms with E-state index in [0.29, 0.717) is 10.6 Å². The number of benzene rings is 2. The quantitative estimate of drug-likeness (QED) is 0.414. The zero-order valence-electron chi connectivity index (χ0n) is 9.96. The predicted molar refractivity (Wildman–Crippen MR) is 68.2 cm³/mol. The van der Waals surface area contributed by atoms with Crippen molar-refractivity contribution in [1.29, 1.82) is 0 Å². The van der Waals surface area contributed by atoms with Crippen molar-refractivity contribution in [3.05, 3.63) is 69.5 Å². The molecule has 19 heavy (non-hydrogen) atoms. The number of rotatable bonds is 1. The molecule has 0 saturated carbocycles. The summed E-state index contributed by atoms with van der Waals surface area (Å²) >= 11 is 0. The van der Waals surface area contributed by atoms with Crippen LogP contribution in [0.5, 0.6) is 0 Å². The van der Waals surface area contributed by atoms with Crippen LogP contribution in [0.2, 0.25) is 0 Å². The SMILES string of the molecule is NNC(=O)C1=c2ccccc2=c2ccccc2=NO1. The molecule has 1 aliphatic rings. The fraction of sp³-hybridized carbons (Fsp3) is 0. The van der Waals surface area contributed by atoms with Gasteiger partial charge in [-0.3, -0.25) is 10.2 Å². The molecule has 2 aromatic carbocycles. The van der Waals surface area contributed by atoms with Crippen LogP contribution in [0.4, 0.5) is 0 Å². The van der Waals surface area contributed by atoms with Gasteiger partial charge in [-0.25, -0.2) is 5.84 Å². The van der Waals surface area contributed by atoms with Crippen LogP contribution in [0, 0.1) is 10.4 Å². The second kappa shape index (κ2) is 4.55. The van der Waals surface area contributed by atoms with E-state index >= 15 is 0 Å². The number of hydrazine groups is 1. The lowest BCUT2D eigenvalue weighted by molar-refractivity contribution is -0.117. The van der Waals surface area contributed by atoms with Gasteiger partial charge < -0.3 is 4.84 Å². The standard InChI is InChI=1S/C14H11N3O2/c15-16-14(18)13-11-7-2-1-5-9(11)10-6-3-4-8-12(10)17-19-13/h1-8H,15H2,(H,16,18). The Labute approximate surface area is 108 Å². The van der Waals surface area contributed by atoms with Crippen molar-refractivity contribution in [3.8, 4) is 0 Å². The van der Waals surface area contributed by atoms with Gasteiger partial charge in [0.05, 0.1) is 0 Å². The first-order valence-electron chi connectivity index (χ1n) is 5.76. The topological polar surface area (TPSA) is 76.7 Å². The average molecular weight is 253 g/mol. The molecule has 1 amide bonds. The number of carbonyl (C=O) groups excluding carboxylic acids is 1. The fourth-order valence-corrected chi connectivity index (χ4v) is 2.07. The molecule has 0 aromatic heterocycles. The van der Waals surface area contributed by atoms with E-state index in [1.54, 1.807) is 6.07 Å². The Balaban J connectivity index is 2.59. The molecule has 3 N–H and O–H groups in total. The molecule has 5 nitrogen and oxygen atoms in total. The van der Waals surface area contributed by atoms with Crippen LogP contribution in [0.1, 0.15) is 0 Å². The minimum absolute atomic E-state index is 0.0919. The predicted octanol–water partition coefficient (Wildman–Crippen LogP) is -0.364. The van der Waals surface area contributed by atoms with Crippen molar-refractivity contribution in [3.63, 3.8) is 0 Å². The van der Waals surface area contributed by atoms with E-state index in [0.717, 1.165) is 10.4 Å². The van der Waals surface area contributed by atoms with E-state index < -0.39 is 5.91 Å². The van der Waals surface area contributed by atoms with Gasteiger partial charge in [0.25, 0.3) is 0 Å². The summed E-state index contributed by atoms with van der Waals surface area (Å²) in [6, 6.07) is 15.0. The fourth-order valence-electron chi connectivity index (χ4n) is 2.07. The Hall–Kier alpha value is -2.66. The summed E-state index contributed by atoms with van der Waals surface area (Å²) < 4.78 is 0. The Morgan fingerprint density at radius 2 is 1.63 bits per heavy atom. The normalized spacial score (nSPS) is 12.4. The number of carbonyl (C=O) groups is 1. The zero-order valence-corrected chi connectivity index (χ0v) is 9.96. The Morgan fingerprint density at radius 3 is 2.37 bits per heavy atom. The van der Waals surface area contributed by atoms with Crippen LogP contribution in [0.15, 0.2) is 53.7 Å². The molecule has 2 aromatic rings. The summed E-state index contributed by atoms with van der Waals surface area (Å²) in [5.41, 5.74) is 2.07. The Kier molecular flexibility index (Phi) is 2.74. The lowest BCUT2D eigenvalue weighted by Crippen LogP contribution is -2.34. The van der Waals surface area contributed by atoms with Crippen molar-refractivity contribution in [2.24, 2.45) is 11.0 Å². The summed E-state index contributed by atoms with van der Waals surface area (Å²) in [5, 5.41) is 7.14. The molecule has 1 heterocycles. The lowest BCUT2D eigenvalue weighted by atomic mass is 10.1. The molecular formula is C14H11N3O2. The van der Waals surface area contributed by atoms with Gasteiger partial charge in [-0.1, -0.05) is 47.6 Å². The third-order valence-corrected chi connectivity index (χ3v) is 2.94. The second-order valence-corrected chi connectivity index (χ2v) is 4.05. The number of fused-ring (bicyclic) bond motifs is 2. The van der Waals surface area contributed by atoms with Crippen molar-refractivity contribution in [2.75, 3.05) is 0 Å². The maximum Gasteiger partial charge on any atom is 0.304 e. The van der Waals surface area contributed by atoms with Gasteiger partial charge in [0.2, 0.25) is 5.76 Å². The molecule has 1 aliphatic heterocycles. The van der Waals surface area contributed by atoms with E-state index in [1.165, 1.54) is 0 Å². The maximum absolute atomic E-state index is 11.8. The van der Waals surface area contributed by atoms with Crippen LogP contribution >= 0.6 is 0 Å². The number of nitrogens with one attached hydrogen (secondary N) is 1. The maximum atomic E-state index is 11.8. The molecule has 0 atom stereocenters. The summed E-state index contributed by atoms with van der Waals surface area (Å²) in [6.07, 6.45) is 0. The summed E-state index contributed by atoms with van der Waals surface area (Å²) in [4.78, 5) is 17.0. The van der Waals surface area contributed by atoms with Crippen LogP contribution in [-0.4, -0.2) is 5.91 Å². The molecule has 0 radical (unpaired) electrons. The van der Waals surface area contributed by atoms with Crippen LogP contribution < -0.4 is 21.8 Å². The number of amides is 1. The monoisotopic (exact) mass is 253 g/mol. The van der Waals surface area contributed by atoms with Crippen LogP contribution in [0.25, 0.3) is 5.76 Å². The van der Waals surface area contributed by atoms with Gasteiger partial charge in [-0.15, -0.1) is 0 Å². The highest BCUT2D eigenvalue weighted by atomic mass is 16.6. The van der Waals surface area contributed by atoms with Gasteiger partial charge >= 0.3 is 5.91 Å². The van der Waals surface area contributed by atoms with Crippen molar-refractivity contribution in [1.82, 2.24) is 5.43 Å². The smallest absolute Gasteiger partial charge is 0.304 e. The van der Waals surface area contributed by atoms with E-state index in [-0.39, 0.29) is 5.76 Å². The molecule has 0 aliphatic carbocycles. The molecule has 5 heteroatoms. The van der Waals surface area contributed by atoms with E-state index in [2.05, 4.69) is 10.6 Å². The van der Waals surface area contributed by atoms with Crippen molar-refractivity contribution >= 4 is 11.7 Å². The molecule has 0 bridgehead atoms. The van der Waals surface area contributed by atoms with E-state index in [1.807, 2.05) is 42.5 Å². The molecule has 0 spiro atoms. The van der Waals surface area contributed by atoms with Crippen LogP contribution in [-0.2, 0) is 9.63 Å². The Morgan fingerprint density at radius 1 is 1.00 bits per heavy atom. The average Bonchev–Trinajstić information content (AvgIpc) is 2.64. The summed E-state index contributed by atoms with van der Waals surface area (Å²) in [7, 11) is 0. The summed E-state index contributed by atoms with van der Waals surface area (Å²) in [5.74, 6) is 4.76. The van der Waals surface area contributed by atoms with Crippen LogP contribution in [0.3, 0.4) is 0 Å². The Bertz CT molecular complexity index is 859. The first-order chi connectivity index (χ1) is 9.31. The molecule has 0 saturated heterocycles. The van der Waals surface area contributed by atoms with Gasteiger partial charge in [-0.2, -0.15) is 0 Å². The number of nitrogens with two attached hydrogens (primary N) is 1. The molecular weight excluding hydrogens is 242 g/mol. The van der Waals surface area contributed by atoms with Crippen molar-refractivity contribution < 1.29 is 9.63 Å². The van der Waals surface area contributed by atoms with E-state index in [4.69, 9.17) is 10.7 Å². The third kappa shape index (κ3) is 1.86.